The van der Waals surface area contributed by atoms with Crippen LogP contribution in [0.4, 0.5) is 5.69 Å². The molecule has 2 aromatic carbocycles. The van der Waals surface area contributed by atoms with Crippen molar-refractivity contribution in [2.75, 3.05) is 0 Å². The van der Waals surface area contributed by atoms with Crippen molar-refractivity contribution in [3.05, 3.63) is 79.4 Å². The summed E-state index contributed by atoms with van der Waals surface area (Å²) in [5.74, 6) is 0.0471. The number of aromatic nitrogens is 2. The number of nitrogens with zero attached hydrogens (tertiary/aromatic N) is 2. The third-order valence-electron chi connectivity index (χ3n) is 3.79. The van der Waals surface area contributed by atoms with Gasteiger partial charge in [-0.05, 0) is 24.3 Å². The van der Waals surface area contributed by atoms with Crippen molar-refractivity contribution in [2.24, 2.45) is 0 Å². The number of rotatable bonds is 2. The lowest BCUT2D eigenvalue weighted by atomic mass is 10.1. The Bertz CT molecular complexity index is 1270. The smallest absolute Gasteiger partial charge is 0.347 e. The highest BCUT2D eigenvalue weighted by Gasteiger charge is 2.14. The Morgan fingerprint density at radius 2 is 1.88 bits per heavy atom. The summed E-state index contributed by atoms with van der Waals surface area (Å²) in [6.45, 7) is 0. The molecule has 0 bridgehead atoms. The van der Waals surface area contributed by atoms with Crippen molar-refractivity contribution in [1.82, 2.24) is 9.97 Å². The van der Waals surface area contributed by atoms with E-state index >= 15 is 0 Å². The molecule has 0 aliphatic rings. The fraction of sp³-hybridized carbons (Fsp3) is 0. The molecule has 4 rings (SSSR count). The molecule has 25 heavy (non-hydrogen) atoms. The lowest BCUT2D eigenvalue weighted by molar-refractivity contribution is -0.384. The minimum Gasteiger partial charge on any atom is -0.422 e. The van der Waals surface area contributed by atoms with E-state index in [9.17, 15) is 19.7 Å². The van der Waals surface area contributed by atoms with Crippen LogP contribution in [-0.4, -0.2) is 14.9 Å². The maximum Gasteiger partial charge on any atom is 0.347 e. The normalized spacial score (nSPS) is 11.0. The highest BCUT2D eigenvalue weighted by molar-refractivity contribution is 5.84. The van der Waals surface area contributed by atoms with Gasteiger partial charge < -0.3 is 9.40 Å². The summed E-state index contributed by atoms with van der Waals surface area (Å²) < 4.78 is 5.19. The van der Waals surface area contributed by atoms with Crippen molar-refractivity contribution in [1.29, 1.82) is 0 Å². The summed E-state index contributed by atoms with van der Waals surface area (Å²) in [4.78, 5) is 41.6. The second kappa shape index (κ2) is 5.38. The summed E-state index contributed by atoms with van der Waals surface area (Å²) >= 11 is 0. The Morgan fingerprint density at radius 1 is 1.08 bits per heavy atom. The first kappa shape index (κ1) is 14.8. The molecule has 8 nitrogen and oxygen atoms in total. The zero-order chi connectivity index (χ0) is 17.6. The third-order valence-corrected chi connectivity index (χ3v) is 3.79. The van der Waals surface area contributed by atoms with Crippen molar-refractivity contribution >= 4 is 27.6 Å². The molecule has 0 fully saturated rings. The van der Waals surface area contributed by atoms with Gasteiger partial charge in [0.2, 0.25) is 0 Å². The van der Waals surface area contributed by atoms with Crippen LogP contribution in [0.3, 0.4) is 0 Å². The Morgan fingerprint density at radius 3 is 2.68 bits per heavy atom. The van der Waals surface area contributed by atoms with E-state index in [0.29, 0.717) is 16.3 Å². The second-order valence-corrected chi connectivity index (χ2v) is 5.36. The molecule has 0 unspecified atom stereocenters. The van der Waals surface area contributed by atoms with E-state index < -0.39 is 10.5 Å². The van der Waals surface area contributed by atoms with E-state index in [2.05, 4.69) is 9.97 Å². The van der Waals surface area contributed by atoms with Gasteiger partial charge in [0.05, 0.1) is 15.8 Å². The third kappa shape index (κ3) is 2.45. The van der Waals surface area contributed by atoms with Gasteiger partial charge in [-0.25, -0.2) is 9.78 Å². The fourth-order valence-corrected chi connectivity index (χ4v) is 2.60. The lowest BCUT2D eigenvalue weighted by Gasteiger charge is -2.03. The Labute approximate surface area is 138 Å². The van der Waals surface area contributed by atoms with Gasteiger partial charge in [-0.3, -0.25) is 14.9 Å². The van der Waals surface area contributed by atoms with Crippen LogP contribution >= 0.6 is 0 Å². The highest BCUT2D eigenvalue weighted by atomic mass is 16.6. The number of benzene rings is 2. The van der Waals surface area contributed by atoms with Crippen LogP contribution in [-0.2, 0) is 0 Å². The first-order chi connectivity index (χ1) is 12.0. The SMILES string of the molecule is O=c1oc2ccc([N+](=O)[O-])cc2cc1-c1nc2ccccc2c(=O)[nH]1. The standard InChI is InChI=1S/C17H9N3O5/c21-16-11-3-1-2-4-13(11)18-15(19-16)12-8-9-7-10(20(23)24)5-6-14(9)25-17(12)22/h1-8H,(H,18,19,21). The Hall–Kier alpha value is -3.81. The first-order valence-corrected chi connectivity index (χ1v) is 7.25. The largest absolute Gasteiger partial charge is 0.422 e. The summed E-state index contributed by atoms with van der Waals surface area (Å²) in [5.41, 5.74) is -0.552. The predicted octanol–water partition coefficient (Wildman–Crippen LogP) is 2.60. The molecule has 0 spiro atoms. The molecule has 0 aliphatic carbocycles. The summed E-state index contributed by atoms with van der Waals surface area (Å²) in [6, 6.07) is 12.0. The number of hydrogen-bond acceptors (Lipinski definition) is 6. The van der Waals surface area contributed by atoms with Gasteiger partial charge in [-0.2, -0.15) is 0 Å². The summed E-state index contributed by atoms with van der Waals surface area (Å²) in [6.07, 6.45) is 0. The van der Waals surface area contributed by atoms with E-state index in [1.807, 2.05) is 0 Å². The quantitative estimate of drug-likeness (QED) is 0.341. The van der Waals surface area contributed by atoms with Gasteiger partial charge in [0.1, 0.15) is 17.0 Å². The minimum absolute atomic E-state index is 0.0239. The van der Waals surface area contributed by atoms with Crippen LogP contribution in [0.5, 0.6) is 0 Å². The molecule has 0 saturated carbocycles. The number of nitrogens with one attached hydrogen (secondary N) is 1. The number of non-ortho nitro benzene ring substituents is 1. The number of nitro benzene ring substituents is 1. The van der Waals surface area contributed by atoms with Gasteiger partial charge in [0.15, 0.2) is 0 Å². The fourth-order valence-electron chi connectivity index (χ4n) is 2.60. The van der Waals surface area contributed by atoms with Gasteiger partial charge in [0.25, 0.3) is 11.2 Å². The Balaban J connectivity index is 2.00. The van der Waals surface area contributed by atoms with Gasteiger partial charge in [-0.1, -0.05) is 12.1 Å². The molecule has 2 heterocycles. The van der Waals surface area contributed by atoms with Gasteiger partial charge in [-0.15, -0.1) is 0 Å². The van der Waals surface area contributed by atoms with E-state index in [4.69, 9.17) is 4.42 Å². The molecular formula is C17H9N3O5. The maximum atomic E-state index is 12.2. The summed E-state index contributed by atoms with van der Waals surface area (Å²) in [5, 5.41) is 11.7. The molecule has 0 aliphatic heterocycles. The monoisotopic (exact) mass is 335 g/mol. The molecule has 122 valence electrons. The molecule has 8 heteroatoms. The molecular weight excluding hydrogens is 326 g/mol. The van der Waals surface area contributed by atoms with Gasteiger partial charge >= 0.3 is 5.63 Å². The highest BCUT2D eigenvalue weighted by Crippen LogP contribution is 2.23. The van der Waals surface area contributed by atoms with Crippen molar-refractivity contribution in [2.45, 2.75) is 0 Å². The zero-order valence-corrected chi connectivity index (χ0v) is 12.6. The molecule has 0 saturated heterocycles. The van der Waals surface area contributed by atoms with E-state index in [-0.39, 0.29) is 28.2 Å². The molecule has 1 N–H and O–H groups in total. The molecule has 0 atom stereocenters. The molecule has 0 amide bonds. The second-order valence-electron chi connectivity index (χ2n) is 5.36. The van der Waals surface area contributed by atoms with Crippen LogP contribution in [0.15, 0.2) is 62.5 Å². The number of para-hydroxylation sites is 1. The van der Waals surface area contributed by atoms with E-state index in [0.717, 1.165) is 0 Å². The van der Waals surface area contributed by atoms with Crippen molar-refractivity contribution < 1.29 is 9.34 Å². The van der Waals surface area contributed by atoms with Crippen molar-refractivity contribution in [3.8, 4) is 11.4 Å². The molecule has 2 aromatic heterocycles. The van der Waals surface area contributed by atoms with Crippen LogP contribution in [0.1, 0.15) is 0 Å². The number of fused-ring (bicyclic) bond motifs is 2. The van der Waals surface area contributed by atoms with E-state index in [1.165, 1.54) is 24.3 Å². The van der Waals surface area contributed by atoms with Crippen LogP contribution < -0.4 is 11.2 Å². The lowest BCUT2D eigenvalue weighted by Crippen LogP contribution is -2.13. The first-order valence-electron chi connectivity index (χ1n) is 7.25. The average Bonchev–Trinajstić information content (AvgIpc) is 2.60. The van der Waals surface area contributed by atoms with Crippen LogP contribution in [0.2, 0.25) is 0 Å². The minimum atomic E-state index is -0.695. The number of hydrogen-bond donors (Lipinski definition) is 1. The topological polar surface area (TPSA) is 119 Å². The average molecular weight is 335 g/mol. The predicted molar refractivity (Wildman–Crippen MR) is 90.5 cm³/mol. The van der Waals surface area contributed by atoms with Crippen LogP contribution in [0.25, 0.3) is 33.3 Å². The van der Waals surface area contributed by atoms with Crippen LogP contribution in [0, 0.1) is 10.1 Å². The van der Waals surface area contributed by atoms with Crippen molar-refractivity contribution in [3.63, 3.8) is 0 Å². The number of H-pyrrole nitrogens is 1. The number of aromatic amines is 1. The maximum absolute atomic E-state index is 12.2. The zero-order valence-electron chi connectivity index (χ0n) is 12.6. The Kier molecular flexibility index (Phi) is 3.17. The molecule has 4 aromatic rings. The summed E-state index contributed by atoms with van der Waals surface area (Å²) in [7, 11) is 0. The number of nitro groups is 1. The van der Waals surface area contributed by atoms with Gasteiger partial charge in [0, 0.05) is 17.5 Å². The van der Waals surface area contributed by atoms with E-state index in [1.54, 1.807) is 24.3 Å². The molecule has 0 radical (unpaired) electrons.